The highest BCUT2D eigenvalue weighted by Gasteiger charge is 2.17. The number of fused-ring (bicyclic) bond motifs is 1. The van der Waals surface area contributed by atoms with Crippen LogP contribution in [0.3, 0.4) is 0 Å². The summed E-state index contributed by atoms with van der Waals surface area (Å²) >= 11 is 5.83. The van der Waals surface area contributed by atoms with E-state index in [9.17, 15) is 5.11 Å². The summed E-state index contributed by atoms with van der Waals surface area (Å²) in [5.41, 5.74) is 0.795. The van der Waals surface area contributed by atoms with E-state index in [1.807, 2.05) is 25.2 Å². The fourth-order valence-corrected chi connectivity index (χ4v) is 2.45. The number of nitrogens with zero attached hydrogens (tertiary/aromatic N) is 1. The first kappa shape index (κ1) is 15.8. The van der Waals surface area contributed by atoms with Gasteiger partial charge in [0, 0.05) is 29.7 Å². The molecule has 122 valence electrons. The maximum atomic E-state index is 10.0. The van der Waals surface area contributed by atoms with Gasteiger partial charge in [-0.2, -0.15) is 0 Å². The van der Waals surface area contributed by atoms with Gasteiger partial charge in [-0.15, -0.1) is 0 Å². The minimum absolute atomic E-state index is 0.197. The van der Waals surface area contributed by atoms with Crippen molar-refractivity contribution < 1.29 is 19.3 Å². The molecule has 0 aromatic heterocycles. The van der Waals surface area contributed by atoms with Gasteiger partial charge in [0.05, 0.1) is 0 Å². The van der Waals surface area contributed by atoms with Crippen LogP contribution in [0.5, 0.6) is 23.0 Å². The predicted molar refractivity (Wildman–Crippen MR) is 87.5 cm³/mol. The Morgan fingerprint density at radius 3 is 2.61 bits per heavy atom. The third-order valence-corrected chi connectivity index (χ3v) is 3.82. The van der Waals surface area contributed by atoms with Crippen LogP contribution in [0.2, 0.25) is 5.02 Å². The summed E-state index contributed by atoms with van der Waals surface area (Å²) in [5.74, 6) is 2.25. The Balaban J connectivity index is 1.51. The highest BCUT2D eigenvalue weighted by atomic mass is 35.5. The van der Waals surface area contributed by atoms with Gasteiger partial charge in [-0.25, -0.2) is 0 Å². The van der Waals surface area contributed by atoms with Crippen molar-refractivity contribution >= 4 is 11.6 Å². The van der Waals surface area contributed by atoms with Crippen LogP contribution in [0.25, 0.3) is 0 Å². The van der Waals surface area contributed by atoms with Crippen molar-refractivity contribution in [2.45, 2.75) is 6.54 Å². The molecule has 1 N–H and O–H groups in total. The summed E-state index contributed by atoms with van der Waals surface area (Å²) in [6.07, 6.45) is 0. The zero-order valence-electron chi connectivity index (χ0n) is 12.8. The SMILES string of the molecule is CN(CCOc1ccc(Cl)cc1)Cc1cc2c(cc1O)OCO2. The van der Waals surface area contributed by atoms with Crippen molar-refractivity contribution in [1.82, 2.24) is 4.90 Å². The summed E-state index contributed by atoms with van der Waals surface area (Å²) in [6.45, 7) is 2.05. The van der Waals surface area contributed by atoms with Gasteiger partial charge in [-0.05, 0) is 37.4 Å². The Bertz CT molecular complexity index is 675. The molecule has 2 aromatic carbocycles. The van der Waals surface area contributed by atoms with Crippen LogP contribution in [0.1, 0.15) is 5.56 Å². The molecule has 1 heterocycles. The Morgan fingerprint density at radius 2 is 1.87 bits per heavy atom. The first-order chi connectivity index (χ1) is 11.1. The van der Waals surface area contributed by atoms with E-state index in [-0.39, 0.29) is 12.5 Å². The molecule has 0 unspecified atom stereocenters. The predicted octanol–water partition coefficient (Wildman–Crippen LogP) is 3.29. The summed E-state index contributed by atoms with van der Waals surface area (Å²) in [6, 6.07) is 10.7. The largest absolute Gasteiger partial charge is 0.507 e. The summed E-state index contributed by atoms with van der Waals surface area (Å²) in [5, 5.41) is 10.7. The number of benzene rings is 2. The smallest absolute Gasteiger partial charge is 0.231 e. The van der Waals surface area contributed by atoms with Crippen LogP contribution in [-0.4, -0.2) is 37.0 Å². The number of hydrogen-bond acceptors (Lipinski definition) is 5. The highest BCUT2D eigenvalue weighted by molar-refractivity contribution is 6.30. The topological polar surface area (TPSA) is 51.2 Å². The first-order valence-electron chi connectivity index (χ1n) is 7.30. The zero-order chi connectivity index (χ0) is 16.2. The van der Waals surface area contributed by atoms with Gasteiger partial charge in [-0.3, -0.25) is 4.90 Å². The normalized spacial score (nSPS) is 12.7. The van der Waals surface area contributed by atoms with Crippen molar-refractivity contribution in [3.63, 3.8) is 0 Å². The van der Waals surface area contributed by atoms with E-state index in [2.05, 4.69) is 4.90 Å². The molecule has 5 nitrogen and oxygen atoms in total. The van der Waals surface area contributed by atoms with E-state index in [0.29, 0.717) is 29.7 Å². The molecule has 2 aromatic rings. The van der Waals surface area contributed by atoms with Crippen molar-refractivity contribution in [3.8, 4) is 23.0 Å². The average Bonchev–Trinajstić information content (AvgIpc) is 2.97. The van der Waals surface area contributed by atoms with Crippen LogP contribution in [0.4, 0.5) is 0 Å². The molecule has 0 spiro atoms. The summed E-state index contributed by atoms with van der Waals surface area (Å²) in [4.78, 5) is 2.06. The molecular formula is C17H18ClNO4. The van der Waals surface area contributed by atoms with Gasteiger partial charge in [0.2, 0.25) is 6.79 Å². The van der Waals surface area contributed by atoms with Gasteiger partial charge in [0.15, 0.2) is 11.5 Å². The molecule has 0 atom stereocenters. The average molecular weight is 336 g/mol. The maximum Gasteiger partial charge on any atom is 0.231 e. The zero-order valence-corrected chi connectivity index (χ0v) is 13.5. The number of ether oxygens (including phenoxy) is 3. The number of rotatable bonds is 6. The lowest BCUT2D eigenvalue weighted by atomic mass is 10.1. The van der Waals surface area contributed by atoms with E-state index >= 15 is 0 Å². The van der Waals surface area contributed by atoms with Gasteiger partial charge >= 0.3 is 0 Å². The fraction of sp³-hybridized carbons (Fsp3) is 0.294. The Hall–Kier alpha value is -2.11. The quantitative estimate of drug-likeness (QED) is 0.878. The Morgan fingerprint density at radius 1 is 1.17 bits per heavy atom. The lowest BCUT2D eigenvalue weighted by molar-refractivity contribution is 0.174. The highest BCUT2D eigenvalue weighted by Crippen LogP contribution is 2.37. The number of aromatic hydroxyl groups is 1. The maximum absolute atomic E-state index is 10.0. The number of hydrogen-bond donors (Lipinski definition) is 1. The lowest BCUT2D eigenvalue weighted by Gasteiger charge is -2.18. The third kappa shape index (κ3) is 4.00. The monoisotopic (exact) mass is 335 g/mol. The molecule has 0 saturated carbocycles. The molecule has 3 rings (SSSR count). The van der Waals surface area contributed by atoms with Gasteiger partial charge < -0.3 is 19.3 Å². The number of halogens is 1. The van der Waals surface area contributed by atoms with Gasteiger partial charge in [0.25, 0.3) is 0 Å². The van der Waals surface area contributed by atoms with Crippen molar-refractivity contribution in [3.05, 3.63) is 47.0 Å². The molecule has 1 aliphatic heterocycles. The molecule has 0 fully saturated rings. The standard InChI is InChI=1S/C17H18ClNO4/c1-19(6-7-21-14-4-2-13(18)3-5-14)10-12-8-16-17(9-15(12)20)23-11-22-16/h2-5,8-9,20H,6-7,10-11H2,1H3. The van der Waals surface area contributed by atoms with Crippen molar-refractivity contribution in [1.29, 1.82) is 0 Å². The fourth-order valence-electron chi connectivity index (χ4n) is 2.32. The molecule has 0 saturated heterocycles. The van der Waals surface area contributed by atoms with Crippen LogP contribution in [0, 0.1) is 0 Å². The molecule has 0 aliphatic carbocycles. The Kier molecular flexibility index (Phi) is 4.79. The van der Waals surface area contributed by atoms with Crippen molar-refractivity contribution in [2.24, 2.45) is 0 Å². The van der Waals surface area contributed by atoms with Crippen LogP contribution < -0.4 is 14.2 Å². The molecule has 1 aliphatic rings. The molecule has 0 amide bonds. The van der Waals surface area contributed by atoms with E-state index in [4.69, 9.17) is 25.8 Å². The second kappa shape index (κ2) is 6.98. The van der Waals surface area contributed by atoms with Crippen LogP contribution in [0.15, 0.2) is 36.4 Å². The number of likely N-dealkylation sites (N-methyl/N-ethyl adjacent to an activating group) is 1. The molecule has 0 radical (unpaired) electrons. The van der Waals surface area contributed by atoms with E-state index in [1.54, 1.807) is 18.2 Å². The van der Waals surface area contributed by atoms with E-state index in [0.717, 1.165) is 17.9 Å². The molecular weight excluding hydrogens is 318 g/mol. The summed E-state index contributed by atoms with van der Waals surface area (Å²) < 4.78 is 16.2. The number of phenols is 1. The van der Waals surface area contributed by atoms with Crippen molar-refractivity contribution in [2.75, 3.05) is 27.0 Å². The lowest BCUT2D eigenvalue weighted by Crippen LogP contribution is -2.23. The molecule has 0 bridgehead atoms. The van der Waals surface area contributed by atoms with Gasteiger partial charge in [-0.1, -0.05) is 11.6 Å². The number of phenolic OH excluding ortho intramolecular Hbond substituents is 1. The minimum atomic E-state index is 0.197. The Labute approximate surface area is 140 Å². The van der Waals surface area contributed by atoms with Crippen LogP contribution >= 0.6 is 11.6 Å². The van der Waals surface area contributed by atoms with E-state index in [1.165, 1.54) is 0 Å². The minimum Gasteiger partial charge on any atom is -0.507 e. The van der Waals surface area contributed by atoms with E-state index < -0.39 is 0 Å². The second-order valence-corrected chi connectivity index (χ2v) is 5.81. The summed E-state index contributed by atoms with van der Waals surface area (Å²) in [7, 11) is 1.97. The van der Waals surface area contributed by atoms with Gasteiger partial charge in [0.1, 0.15) is 18.1 Å². The first-order valence-corrected chi connectivity index (χ1v) is 7.68. The van der Waals surface area contributed by atoms with Crippen LogP contribution in [-0.2, 0) is 6.54 Å². The molecule has 23 heavy (non-hydrogen) atoms. The second-order valence-electron chi connectivity index (χ2n) is 5.37. The molecule has 6 heteroatoms. The third-order valence-electron chi connectivity index (χ3n) is 3.57.